The predicted octanol–water partition coefficient (Wildman–Crippen LogP) is 5.96. The molecule has 0 saturated heterocycles. The number of non-ortho nitro benzene ring substituents is 1. The van der Waals surface area contributed by atoms with Crippen LogP contribution >= 0.6 is 34.9 Å². The van der Waals surface area contributed by atoms with Crippen molar-refractivity contribution in [1.29, 1.82) is 0 Å². The van der Waals surface area contributed by atoms with E-state index in [9.17, 15) is 10.1 Å². The summed E-state index contributed by atoms with van der Waals surface area (Å²) < 4.78 is 4.29. The molecule has 7 nitrogen and oxygen atoms in total. The molecule has 0 radical (unpaired) electrons. The van der Waals surface area contributed by atoms with Crippen LogP contribution in [0.4, 0.5) is 5.69 Å². The summed E-state index contributed by atoms with van der Waals surface area (Å²) in [6.45, 7) is 4.85. The van der Waals surface area contributed by atoms with Gasteiger partial charge in [-0.3, -0.25) is 10.1 Å². The number of thioether (sulfide) groups is 2. The van der Waals surface area contributed by atoms with Crippen LogP contribution in [0.2, 0.25) is 0 Å². The molecule has 0 aliphatic rings. The van der Waals surface area contributed by atoms with Gasteiger partial charge in [-0.25, -0.2) is 4.98 Å². The van der Waals surface area contributed by atoms with Crippen molar-refractivity contribution in [2.24, 2.45) is 0 Å². The summed E-state index contributed by atoms with van der Waals surface area (Å²) >= 11 is 4.90. The summed E-state index contributed by atoms with van der Waals surface area (Å²) in [5.74, 6) is 1.59. The Hall–Kier alpha value is -2.43. The predicted molar refractivity (Wildman–Crippen MR) is 122 cm³/mol. The second-order valence-electron chi connectivity index (χ2n) is 6.49. The second-order valence-corrected chi connectivity index (χ2v) is 10.1. The summed E-state index contributed by atoms with van der Waals surface area (Å²) in [5.41, 5.74) is 2.01. The van der Waals surface area contributed by atoms with Crippen molar-refractivity contribution in [2.75, 3.05) is 0 Å². The van der Waals surface area contributed by atoms with Crippen LogP contribution in [0.5, 0.6) is 0 Å². The fourth-order valence-corrected chi connectivity index (χ4v) is 6.04. The van der Waals surface area contributed by atoms with Crippen LogP contribution in [-0.4, -0.2) is 24.7 Å². The topological polar surface area (TPSA) is 86.7 Å². The first-order valence-electron chi connectivity index (χ1n) is 9.36. The lowest BCUT2D eigenvalue weighted by Crippen LogP contribution is -2.03. The number of hydrogen-bond donors (Lipinski definition) is 0. The molecule has 0 N–H and O–H groups in total. The number of fused-ring (bicyclic) bond motifs is 1. The number of hydrogen-bond acceptors (Lipinski definition) is 8. The van der Waals surface area contributed by atoms with Gasteiger partial charge in [0.2, 0.25) is 0 Å². The molecule has 4 aromatic rings. The van der Waals surface area contributed by atoms with Gasteiger partial charge in [-0.15, -0.1) is 21.5 Å². The normalized spacial score (nSPS) is 12.3. The lowest BCUT2D eigenvalue weighted by molar-refractivity contribution is -0.384. The highest BCUT2D eigenvalue weighted by Gasteiger charge is 2.18. The first-order chi connectivity index (χ1) is 14.5. The van der Waals surface area contributed by atoms with Crippen LogP contribution in [0.1, 0.15) is 30.5 Å². The monoisotopic (exact) mass is 457 g/mol. The van der Waals surface area contributed by atoms with E-state index in [1.54, 1.807) is 47.0 Å². The summed E-state index contributed by atoms with van der Waals surface area (Å²) in [4.78, 5) is 15.3. The molecule has 1 unspecified atom stereocenters. The third-order valence-electron chi connectivity index (χ3n) is 4.54. The van der Waals surface area contributed by atoms with Crippen molar-refractivity contribution in [2.45, 2.75) is 40.9 Å². The highest BCUT2D eigenvalue weighted by molar-refractivity contribution is 8.00. The van der Waals surface area contributed by atoms with Crippen molar-refractivity contribution < 1.29 is 4.92 Å². The van der Waals surface area contributed by atoms with E-state index in [-0.39, 0.29) is 15.9 Å². The quantitative estimate of drug-likeness (QED) is 0.183. The molecule has 0 aliphatic heterocycles. The number of rotatable bonds is 8. The summed E-state index contributed by atoms with van der Waals surface area (Å²) in [7, 11) is 0. The number of benzene rings is 2. The maximum atomic E-state index is 11.0. The Balaban J connectivity index is 1.47. The van der Waals surface area contributed by atoms with Crippen molar-refractivity contribution in [3.05, 3.63) is 70.0 Å². The fraction of sp³-hybridized carbons (Fsp3) is 0.250. The van der Waals surface area contributed by atoms with E-state index in [1.165, 1.54) is 10.8 Å². The van der Waals surface area contributed by atoms with Crippen LogP contribution in [0.25, 0.3) is 10.2 Å². The molecule has 0 bridgehead atoms. The van der Waals surface area contributed by atoms with Crippen LogP contribution in [0.15, 0.2) is 58.0 Å². The fourth-order valence-electron chi connectivity index (χ4n) is 2.99. The Labute approximate surface area is 186 Å². The molecular formula is C20H19N5O2S3. The van der Waals surface area contributed by atoms with Crippen LogP contribution in [0.3, 0.4) is 0 Å². The van der Waals surface area contributed by atoms with Gasteiger partial charge in [0.15, 0.2) is 9.50 Å². The van der Waals surface area contributed by atoms with E-state index in [0.29, 0.717) is 5.75 Å². The first kappa shape index (κ1) is 20.8. The van der Waals surface area contributed by atoms with Gasteiger partial charge in [0, 0.05) is 23.9 Å². The van der Waals surface area contributed by atoms with Crippen molar-refractivity contribution >= 4 is 50.8 Å². The molecule has 154 valence electrons. The van der Waals surface area contributed by atoms with Gasteiger partial charge >= 0.3 is 0 Å². The van der Waals surface area contributed by atoms with Gasteiger partial charge in [0.25, 0.3) is 5.69 Å². The maximum absolute atomic E-state index is 11.0. The van der Waals surface area contributed by atoms with E-state index in [1.807, 2.05) is 31.2 Å². The summed E-state index contributed by atoms with van der Waals surface area (Å²) in [6.07, 6.45) is 0. The molecule has 4 rings (SSSR count). The second kappa shape index (κ2) is 9.15. The van der Waals surface area contributed by atoms with Gasteiger partial charge < -0.3 is 4.57 Å². The summed E-state index contributed by atoms with van der Waals surface area (Å²) in [5, 5.41) is 20.6. The van der Waals surface area contributed by atoms with Crippen LogP contribution in [-0.2, 0) is 12.3 Å². The number of nitro benzene ring substituents is 1. The van der Waals surface area contributed by atoms with Gasteiger partial charge in [-0.05, 0) is 31.5 Å². The zero-order valence-corrected chi connectivity index (χ0v) is 18.8. The Bertz CT molecular complexity index is 1160. The Kier molecular flexibility index (Phi) is 6.35. The Morgan fingerprint density at radius 2 is 2.03 bits per heavy atom. The van der Waals surface area contributed by atoms with E-state index < -0.39 is 0 Å². The molecule has 0 amide bonds. The van der Waals surface area contributed by atoms with Gasteiger partial charge in [-0.2, -0.15) is 0 Å². The molecular weight excluding hydrogens is 438 g/mol. The molecule has 0 spiro atoms. The largest absolute Gasteiger partial charge is 0.306 e. The average molecular weight is 458 g/mol. The first-order valence-corrected chi connectivity index (χ1v) is 12.0. The lowest BCUT2D eigenvalue weighted by atomic mass is 10.1. The molecule has 30 heavy (non-hydrogen) atoms. The molecule has 10 heteroatoms. The van der Waals surface area contributed by atoms with Crippen molar-refractivity contribution in [1.82, 2.24) is 19.7 Å². The molecule has 0 fully saturated rings. The molecule has 2 aromatic carbocycles. The Morgan fingerprint density at radius 3 is 2.80 bits per heavy atom. The van der Waals surface area contributed by atoms with Crippen LogP contribution in [0, 0.1) is 10.1 Å². The SMILES string of the molecule is CCn1c(CSc2nc3ccccc3s2)nnc1SC(C)c1cccc([N+](=O)[O-])c1. The number of para-hydroxylation sites is 1. The van der Waals surface area contributed by atoms with E-state index >= 15 is 0 Å². The number of thiazole rings is 1. The standard InChI is InChI=1S/C20H19N5O2S3/c1-3-24-18(12-28-20-21-16-9-4-5-10-17(16)30-20)22-23-19(24)29-13(2)14-7-6-8-15(11-14)25(26)27/h4-11,13H,3,12H2,1-2H3. The minimum Gasteiger partial charge on any atom is -0.306 e. The zero-order valence-electron chi connectivity index (χ0n) is 16.4. The molecule has 2 heterocycles. The van der Waals surface area contributed by atoms with E-state index in [4.69, 9.17) is 0 Å². The van der Waals surface area contributed by atoms with E-state index in [2.05, 4.69) is 32.7 Å². The number of nitrogens with zero attached hydrogens (tertiary/aromatic N) is 5. The van der Waals surface area contributed by atoms with Crippen molar-refractivity contribution in [3.63, 3.8) is 0 Å². The third kappa shape index (κ3) is 4.50. The molecule has 2 aromatic heterocycles. The highest BCUT2D eigenvalue weighted by Crippen LogP contribution is 2.36. The smallest absolute Gasteiger partial charge is 0.269 e. The third-order valence-corrected chi connectivity index (χ3v) is 7.86. The number of aromatic nitrogens is 4. The maximum Gasteiger partial charge on any atom is 0.269 e. The van der Waals surface area contributed by atoms with Gasteiger partial charge in [0.05, 0.1) is 20.9 Å². The zero-order chi connectivity index (χ0) is 21.1. The molecule has 1 atom stereocenters. The number of nitro groups is 1. The summed E-state index contributed by atoms with van der Waals surface area (Å²) in [6, 6.07) is 14.9. The molecule has 0 aliphatic carbocycles. The minimum absolute atomic E-state index is 0.0177. The molecule has 0 saturated carbocycles. The lowest BCUT2D eigenvalue weighted by Gasteiger charge is -2.12. The van der Waals surface area contributed by atoms with Gasteiger partial charge in [-0.1, -0.05) is 47.8 Å². The minimum atomic E-state index is -0.368. The highest BCUT2D eigenvalue weighted by atomic mass is 32.2. The Morgan fingerprint density at radius 1 is 1.20 bits per heavy atom. The average Bonchev–Trinajstić information content (AvgIpc) is 3.35. The van der Waals surface area contributed by atoms with Crippen LogP contribution < -0.4 is 0 Å². The van der Waals surface area contributed by atoms with Crippen molar-refractivity contribution in [3.8, 4) is 0 Å². The van der Waals surface area contributed by atoms with Gasteiger partial charge in [0.1, 0.15) is 5.82 Å². The van der Waals surface area contributed by atoms with E-state index in [0.717, 1.165) is 32.9 Å².